The molecule has 5 nitrogen and oxygen atoms in total. The van der Waals surface area contributed by atoms with E-state index in [4.69, 9.17) is 11.1 Å². The molecule has 3 rings (SSSR count). The van der Waals surface area contributed by atoms with Crippen LogP contribution in [-0.2, 0) is 10.5 Å². The lowest BCUT2D eigenvalue weighted by Crippen LogP contribution is -2.40. The molecular formula is C19H20F2N4O. The molecule has 26 heavy (non-hydrogen) atoms. The van der Waals surface area contributed by atoms with Crippen molar-refractivity contribution < 1.29 is 13.6 Å². The maximum atomic E-state index is 14.9. The van der Waals surface area contributed by atoms with Crippen molar-refractivity contribution in [1.82, 2.24) is 5.32 Å². The second kappa shape index (κ2) is 7.21. The molecule has 0 radical (unpaired) electrons. The van der Waals surface area contributed by atoms with Gasteiger partial charge in [-0.3, -0.25) is 10.2 Å². The van der Waals surface area contributed by atoms with E-state index < -0.39 is 17.4 Å². The lowest BCUT2D eigenvalue weighted by Gasteiger charge is -2.30. The number of halogens is 2. The molecule has 1 fully saturated rings. The van der Waals surface area contributed by atoms with E-state index in [2.05, 4.69) is 10.6 Å². The molecule has 1 unspecified atom stereocenters. The summed E-state index contributed by atoms with van der Waals surface area (Å²) < 4.78 is 28.9. The largest absolute Gasteiger partial charge is 0.366 e. The van der Waals surface area contributed by atoms with E-state index in [0.717, 1.165) is 19.0 Å². The number of hydrogen-bond donors (Lipinski definition) is 4. The molecule has 7 heteroatoms. The Hall–Kier alpha value is -2.80. The van der Waals surface area contributed by atoms with E-state index in [9.17, 15) is 13.6 Å². The zero-order valence-electron chi connectivity index (χ0n) is 14.1. The van der Waals surface area contributed by atoms with Crippen LogP contribution in [0.15, 0.2) is 59.6 Å². The predicted octanol–water partition coefficient (Wildman–Crippen LogP) is 2.83. The number of benzene rings is 1. The topological polar surface area (TPSA) is 91.0 Å². The number of rotatable bonds is 4. The quantitative estimate of drug-likeness (QED) is 0.667. The molecule has 0 saturated carbocycles. The second-order valence-corrected chi connectivity index (χ2v) is 6.36. The van der Waals surface area contributed by atoms with Gasteiger partial charge in [-0.15, -0.1) is 0 Å². The molecule has 1 aliphatic carbocycles. The Morgan fingerprint density at radius 1 is 1.31 bits per heavy atom. The van der Waals surface area contributed by atoms with Gasteiger partial charge in [-0.05, 0) is 49.2 Å². The van der Waals surface area contributed by atoms with Gasteiger partial charge in [-0.2, -0.15) is 0 Å². The van der Waals surface area contributed by atoms with Gasteiger partial charge < -0.3 is 16.4 Å². The summed E-state index contributed by atoms with van der Waals surface area (Å²) >= 11 is 0. The van der Waals surface area contributed by atoms with Gasteiger partial charge in [-0.1, -0.05) is 12.1 Å². The van der Waals surface area contributed by atoms with Gasteiger partial charge in [0.2, 0.25) is 0 Å². The van der Waals surface area contributed by atoms with Crippen molar-refractivity contribution in [3.05, 3.63) is 65.2 Å². The van der Waals surface area contributed by atoms with Gasteiger partial charge in [0.05, 0.1) is 16.9 Å². The zero-order valence-corrected chi connectivity index (χ0v) is 14.1. The molecule has 5 N–H and O–H groups in total. The normalized spacial score (nSPS) is 24.8. The summed E-state index contributed by atoms with van der Waals surface area (Å²) in [6.45, 7) is 1.12. The highest BCUT2D eigenvalue weighted by molar-refractivity contribution is 6.28. The standard InChI is InChI=1S/C19H20F2N4O/c20-16-7-6-14(18(23)26)17(22)15(16)10-25-13-4-2-12(3-5-13)19(21)8-1-9-24-11-19/h2-7,10,22,24-25H,1,8-9,11H2,(H2,23,26)/b15-10-,22-17?. The van der Waals surface area contributed by atoms with Crippen molar-refractivity contribution in [1.29, 1.82) is 5.41 Å². The third kappa shape index (κ3) is 3.57. The van der Waals surface area contributed by atoms with Gasteiger partial charge in [-0.25, -0.2) is 8.78 Å². The van der Waals surface area contributed by atoms with E-state index in [0.29, 0.717) is 24.2 Å². The molecule has 1 atom stereocenters. The number of alkyl halides is 1. The molecule has 1 saturated heterocycles. The van der Waals surface area contributed by atoms with Crippen molar-refractivity contribution in [3.8, 4) is 0 Å². The molecule has 1 aromatic carbocycles. The maximum absolute atomic E-state index is 14.9. The zero-order chi connectivity index (χ0) is 18.7. The minimum absolute atomic E-state index is 0.0565. The van der Waals surface area contributed by atoms with Crippen LogP contribution in [0.2, 0.25) is 0 Å². The highest BCUT2D eigenvalue weighted by Gasteiger charge is 2.33. The number of primary amides is 1. The number of hydrogen-bond acceptors (Lipinski definition) is 4. The maximum Gasteiger partial charge on any atom is 0.250 e. The summed E-state index contributed by atoms with van der Waals surface area (Å²) in [5, 5.41) is 13.8. The summed E-state index contributed by atoms with van der Waals surface area (Å²) in [6, 6.07) is 6.78. The average molecular weight is 358 g/mol. The molecule has 1 aliphatic heterocycles. The summed E-state index contributed by atoms with van der Waals surface area (Å²) in [7, 11) is 0. The smallest absolute Gasteiger partial charge is 0.250 e. The number of nitrogens with two attached hydrogens (primary N) is 1. The van der Waals surface area contributed by atoms with Crippen LogP contribution in [0.4, 0.5) is 14.5 Å². The first kappa shape index (κ1) is 18.0. The minimum atomic E-state index is -1.38. The van der Waals surface area contributed by atoms with E-state index in [1.807, 2.05) is 0 Å². The number of piperidine rings is 1. The number of carbonyl (C=O) groups excluding carboxylic acids is 1. The summed E-state index contributed by atoms with van der Waals surface area (Å²) in [5.41, 5.74) is 4.61. The Balaban J connectivity index is 1.74. The minimum Gasteiger partial charge on any atom is -0.366 e. The van der Waals surface area contributed by atoms with Crippen LogP contribution in [0.1, 0.15) is 18.4 Å². The molecule has 0 spiro atoms. The average Bonchev–Trinajstić information content (AvgIpc) is 2.62. The fourth-order valence-corrected chi connectivity index (χ4v) is 3.08. The van der Waals surface area contributed by atoms with Crippen molar-refractivity contribution >= 4 is 17.3 Å². The van der Waals surface area contributed by atoms with E-state index >= 15 is 0 Å². The third-order valence-corrected chi connectivity index (χ3v) is 4.57. The van der Waals surface area contributed by atoms with Crippen molar-refractivity contribution in [2.75, 3.05) is 18.4 Å². The summed E-state index contributed by atoms with van der Waals surface area (Å²) in [6.07, 6.45) is 4.84. The van der Waals surface area contributed by atoms with Gasteiger partial charge >= 0.3 is 0 Å². The molecule has 1 heterocycles. The molecule has 1 aromatic rings. The predicted molar refractivity (Wildman–Crippen MR) is 97.2 cm³/mol. The van der Waals surface area contributed by atoms with Gasteiger partial charge in [0.25, 0.3) is 5.91 Å². The van der Waals surface area contributed by atoms with Crippen LogP contribution in [0.3, 0.4) is 0 Å². The van der Waals surface area contributed by atoms with Crippen LogP contribution in [0.5, 0.6) is 0 Å². The molecule has 136 valence electrons. The molecule has 0 aromatic heterocycles. The molecule has 2 aliphatic rings. The van der Waals surface area contributed by atoms with Crippen LogP contribution in [0.25, 0.3) is 0 Å². The molecule has 0 bridgehead atoms. The van der Waals surface area contributed by atoms with Gasteiger partial charge in [0.15, 0.2) is 0 Å². The van der Waals surface area contributed by atoms with Crippen molar-refractivity contribution in [2.45, 2.75) is 18.5 Å². The van der Waals surface area contributed by atoms with E-state index in [1.54, 1.807) is 24.3 Å². The Bertz CT molecular complexity index is 818. The Morgan fingerprint density at radius 3 is 2.65 bits per heavy atom. The van der Waals surface area contributed by atoms with Crippen LogP contribution < -0.4 is 16.4 Å². The third-order valence-electron chi connectivity index (χ3n) is 4.57. The fraction of sp³-hybridized carbons (Fsp3) is 0.263. The van der Waals surface area contributed by atoms with Gasteiger partial charge in [0, 0.05) is 18.4 Å². The number of amides is 1. The Labute approximate surface area is 150 Å². The number of carbonyl (C=O) groups is 1. The van der Waals surface area contributed by atoms with Crippen molar-refractivity contribution in [3.63, 3.8) is 0 Å². The fourth-order valence-electron chi connectivity index (χ4n) is 3.08. The molecule has 1 amide bonds. The first-order valence-electron chi connectivity index (χ1n) is 8.34. The Morgan fingerprint density at radius 2 is 2.04 bits per heavy atom. The monoisotopic (exact) mass is 358 g/mol. The summed E-state index contributed by atoms with van der Waals surface area (Å²) in [4.78, 5) is 11.3. The highest BCUT2D eigenvalue weighted by Crippen LogP contribution is 2.33. The first-order valence-corrected chi connectivity index (χ1v) is 8.34. The van der Waals surface area contributed by atoms with Crippen molar-refractivity contribution in [2.24, 2.45) is 5.73 Å². The van der Waals surface area contributed by atoms with E-state index in [-0.39, 0.29) is 16.9 Å². The lowest BCUT2D eigenvalue weighted by atomic mass is 9.88. The second-order valence-electron chi connectivity index (χ2n) is 6.36. The number of nitrogens with one attached hydrogen (secondary N) is 3. The lowest BCUT2D eigenvalue weighted by molar-refractivity contribution is -0.114. The highest BCUT2D eigenvalue weighted by atomic mass is 19.1. The van der Waals surface area contributed by atoms with Crippen LogP contribution in [0, 0.1) is 5.41 Å². The van der Waals surface area contributed by atoms with Crippen LogP contribution in [-0.4, -0.2) is 24.7 Å². The number of allylic oxidation sites excluding steroid dienone is 4. The summed E-state index contributed by atoms with van der Waals surface area (Å²) in [5.74, 6) is -1.43. The SMILES string of the molecule is N=C1C(C(N)=O)=CC=C(F)/C1=C/Nc1ccc(C2(F)CCCNC2)cc1. The van der Waals surface area contributed by atoms with Crippen LogP contribution >= 0.6 is 0 Å². The Kier molecular flexibility index (Phi) is 4.99. The van der Waals surface area contributed by atoms with E-state index in [1.165, 1.54) is 12.3 Å². The van der Waals surface area contributed by atoms with Gasteiger partial charge in [0.1, 0.15) is 11.5 Å². The molecular weight excluding hydrogens is 338 g/mol. The number of anilines is 1. The first-order chi connectivity index (χ1) is 12.4.